The number of benzene rings is 1. The Morgan fingerprint density at radius 2 is 2.04 bits per heavy atom. The van der Waals surface area contributed by atoms with Gasteiger partial charge in [0.2, 0.25) is 0 Å². The zero-order valence-corrected chi connectivity index (χ0v) is 17.1. The van der Waals surface area contributed by atoms with Crippen LogP contribution in [0.3, 0.4) is 0 Å². The third-order valence-electron chi connectivity index (χ3n) is 4.59. The van der Waals surface area contributed by atoms with Gasteiger partial charge in [0.15, 0.2) is 10.3 Å². The average Bonchev–Trinajstić information content (AvgIpc) is 3.40. The summed E-state index contributed by atoms with van der Waals surface area (Å²) in [6.07, 6.45) is 5.35. The second kappa shape index (κ2) is 9.31. The van der Waals surface area contributed by atoms with E-state index in [0.29, 0.717) is 10.7 Å². The maximum absolute atomic E-state index is 12.5. The van der Waals surface area contributed by atoms with Crippen molar-refractivity contribution >= 4 is 34.1 Å². The Hall–Kier alpha value is -2.23. The number of thiazole rings is 1. The molecule has 0 atom stereocenters. The fourth-order valence-electron chi connectivity index (χ4n) is 3.12. The third-order valence-corrected chi connectivity index (χ3v) is 6.35. The van der Waals surface area contributed by atoms with Crippen molar-refractivity contribution in [3.63, 3.8) is 0 Å². The number of carbonyl (C=O) groups is 1. The maximum Gasteiger partial charge on any atom is 0.257 e. The van der Waals surface area contributed by atoms with Crippen molar-refractivity contribution in [2.75, 3.05) is 18.4 Å². The van der Waals surface area contributed by atoms with Crippen LogP contribution in [0, 0.1) is 0 Å². The molecule has 1 aliphatic heterocycles. The van der Waals surface area contributed by atoms with Gasteiger partial charge in [0.05, 0.1) is 5.69 Å². The van der Waals surface area contributed by atoms with Crippen LogP contribution in [-0.2, 0) is 12.3 Å². The Kier molecular flexibility index (Phi) is 6.35. The van der Waals surface area contributed by atoms with E-state index in [2.05, 4.69) is 30.4 Å². The molecule has 1 saturated heterocycles. The number of nitrogens with zero attached hydrogens (tertiary/aromatic N) is 4. The molecule has 1 amide bonds. The van der Waals surface area contributed by atoms with Gasteiger partial charge in [0.1, 0.15) is 6.33 Å². The number of H-pyrrole nitrogens is 1. The number of aromatic nitrogens is 4. The summed E-state index contributed by atoms with van der Waals surface area (Å²) in [6, 6.07) is 7.60. The molecule has 0 bridgehead atoms. The molecule has 7 nitrogen and oxygen atoms in total. The molecule has 0 spiro atoms. The molecule has 2 aromatic heterocycles. The number of piperidine rings is 1. The van der Waals surface area contributed by atoms with Crippen LogP contribution < -0.4 is 5.32 Å². The zero-order chi connectivity index (χ0) is 19.2. The average molecular weight is 415 g/mol. The lowest BCUT2D eigenvalue weighted by atomic mass is 10.1. The lowest BCUT2D eigenvalue weighted by molar-refractivity contribution is 0.102. The molecule has 1 aliphatic rings. The number of hydrogen-bond acceptors (Lipinski definition) is 7. The fourth-order valence-corrected chi connectivity index (χ4v) is 4.55. The molecule has 4 rings (SSSR count). The molecule has 3 aromatic rings. The summed E-state index contributed by atoms with van der Waals surface area (Å²) in [5.41, 5.74) is 2.78. The van der Waals surface area contributed by atoms with Crippen molar-refractivity contribution in [2.45, 2.75) is 36.7 Å². The largest absolute Gasteiger partial charge is 0.298 e. The van der Waals surface area contributed by atoms with Crippen LogP contribution in [0.25, 0.3) is 0 Å². The van der Waals surface area contributed by atoms with E-state index in [1.165, 1.54) is 36.9 Å². The number of amides is 1. The molecule has 3 heterocycles. The van der Waals surface area contributed by atoms with Crippen molar-refractivity contribution in [2.24, 2.45) is 0 Å². The smallest absolute Gasteiger partial charge is 0.257 e. The van der Waals surface area contributed by atoms with Crippen LogP contribution in [-0.4, -0.2) is 44.1 Å². The molecular weight excluding hydrogens is 392 g/mol. The quantitative estimate of drug-likeness (QED) is 0.572. The van der Waals surface area contributed by atoms with E-state index < -0.39 is 0 Å². The minimum absolute atomic E-state index is 0.131. The van der Waals surface area contributed by atoms with Gasteiger partial charge in [-0.3, -0.25) is 20.1 Å². The molecule has 0 radical (unpaired) electrons. The Labute approximate surface area is 172 Å². The normalized spacial score (nSPS) is 14.9. The van der Waals surface area contributed by atoms with E-state index in [-0.39, 0.29) is 5.91 Å². The van der Waals surface area contributed by atoms with E-state index in [4.69, 9.17) is 0 Å². The Morgan fingerprint density at radius 1 is 1.21 bits per heavy atom. The molecule has 0 unspecified atom stereocenters. The monoisotopic (exact) mass is 414 g/mol. The first-order valence-corrected chi connectivity index (χ1v) is 11.2. The summed E-state index contributed by atoms with van der Waals surface area (Å²) in [7, 11) is 0. The van der Waals surface area contributed by atoms with Crippen molar-refractivity contribution in [1.29, 1.82) is 0 Å². The summed E-state index contributed by atoms with van der Waals surface area (Å²) in [6.45, 7) is 3.14. The summed E-state index contributed by atoms with van der Waals surface area (Å²) in [4.78, 5) is 23.6. The highest BCUT2D eigenvalue weighted by atomic mass is 32.2. The van der Waals surface area contributed by atoms with E-state index >= 15 is 0 Å². The van der Waals surface area contributed by atoms with Crippen LogP contribution in [0.2, 0.25) is 0 Å². The van der Waals surface area contributed by atoms with E-state index in [1.54, 1.807) is 11.8 Å². The first-order valence-electron chi connectivity index (χ1n) is 9.31. The summed E-state index contributed by atoms with van der Waals surface area (Å²) in [5.74, 6) is 0.636. The number of hydrogen-bond donors (Lipinski definition) is 2. The van der Waals surface area contributed by atoms with Crippen molar-refractivity contribution in [3.05, 3.63) is 52.8 Å². The van der Waals surface area contributed by atoms with Crippen molar-refractivity contribution < 1.29 is 4.79 Å². The minimum atomic E-state index is -0.131. The number of carbonyl (C=O) groups excluding carboxylic acids is 1. The van der Waals surface area contributed by atoms with Crippen LogP contribution >= 0.6 is 23.1 Å². The molecule has 0 aliphatic carbocycles. The first kappa shape index (κ1) is 19.1. The van der Waals surface area contributed by atoms with E-state index in [9.17, 15) is 4.79 Å². The summed E-state index contributed by atoms with van der Waals surface area (Å²) in [5, 5.41) is 13.0. The predicted molar refractivity (Wildman–Crippen MR) is 112 cm³/mol. The highest BCUT2D eigenvalue weighted by Crippen LogP contribution is 2.21. The van der Waals surface area contributed by atoms with Crippen molar-refractivity contribution in [1.82, 2.24) is 25.1 Å². The van der Waals surface area contributed by atoms with Gasteiger partial charge in [-0.2, -0.15) is 5.10 Å². The Bertz CT molecular complexity index is 888. The van der Waals surface area contributed by atoms with Gasteiger partial charge >= 0.3 is 0 Å². The summed E-state index contributed by atoms with van der Waals surface area (Å²) < 4.78 is 0. The highest BCUT2D eigenvalue weighted by Gasteiger charge is 2.14. The Morgan fingerprint density at radius 3 is 2.79 bits per heavy atom. The van der Waals surface area contributed by atoms with Gasteiger partial charge in [-0.25, -0.2) is 9.97 Å². The number of likely N-dealkylation sites (tertiary alicyclic amines) is 1. The van der Waals surface area contributed by atoms with Crippen LogP contribution in [0.4, 0.5) is 5.13 Å². The van der Waals surface area contributed by atoms with Gasteiger partial charge in [-0.1, -0.05) is 30.3 Å². The van der Waals surface area contributed by atoms with Gasteiger partial charge in [-0.15, -0.1) is 11.3 Å². The minimum Gasteiger partial charge on any atom is -0.298 e. The van der Waals surface area contributed by atoms with Gasteiger partial charge in [0.25, 0.3) is 5.91 Å². The second-order valence-corrected chi connectivity index (χ2v) is 8.53. The van der Waals surface area contributed by atoms with Crippen LogP contribution in [0.5, 0.6) is 0 Å². The van der Waals surface area contributed by atoms with E-state index in [1.807, 2.05) is 29.6 Å². The lowest BCUT2D eigenvalue weighted by Gasteiger charge is -2.25. The zero-order valence-electron chi connectivity index (χ0n) is 15.4. The number of rotatable bonds is 7. The van der Waals surface area contributed by atoms with Gasteiger partial charge < -0.3 is 0 Å². The topological polar surface area (TPSA) is 86.8 Å². The van der Waals surface area contributed by atoms with Gasteiger partial charge in [0, 0.05) is 23.2 Å². The fraction of sp³-hybridized carbons (Fsp3) is 0.368. The standard InChI is InChI=1S/C19H22N6OS2/c26-17(15-6-4-14(5-7-15)11-27-18-20-13-21-24-18)23-19-22-16(12-28-19)10-25-8-2-1-3-9-25/h4-7,12-13H,1-3,8-11H2,(H,20,21,24)(H,22,23,26). The molecule has 146 valence electrons. The molecule has 0 saturated carbocycles. The summed E-state index contributed by atoms with van der Waals surface area (Å²) >= 11 is 3.05. The van der Waals surface area contributed by atoms with Crippen LogP contribution in [0.1, 0.15) is 40.9 Å². The van der Waals surface area contributed by atoms with E-state index in [0.717, 1.165) is 41.8 Å². The highest BCUT2D eigenvalue weighted by molar-refractivity contribution is 7.98. The Balaban J connectivity index is 1.29. The van der Waals surface area contributed by atoms with Crippen molar-refractivity contribution in [3.8, 4) is 0 Å². The molecule has 1 aromatic carbocycles. The third kappa shape index (κ3) is 5.18. The second-order valence-electron chi connectivity index (χ2n) is 6.71. The lowest BCUT2D eigenvalue weighted by Crippen LogP contribution is -2.29. The predicted octanol–water partition coefficient (Wildman–Crippen LogP) is 3.79. The maximum atomic E-state index is 12.5. The SMILES string of the molecule is O=C(Nc1nc(CN2CCCCC2)cs1)c1ccc(CSc2ncn[nH]2)cc1. The number of aromatic amines is 1. The number of anilines is 1. The molecule has 1 fully saturated rings. The number of nitrogens with one attached hydrogen (secondary N) is 2. The number of thioether (sulfide) groups is 1. The molecule has 9 heteroatoms. The molecule has 28 heavy (non-hydrogen) atoms. The first-order chi connectivity index (χ1) is 13.8. The van der Waals surface area contributed by atoms with Crippen LogP contribution in [0.15, 0.2) is 41.1 Å². The molecular formula is C19H22N6OS2. The van der Waals surface area contributed by atoms with Gasteiger partial charge in [-0.05, 0) is 43.6 Å². The molecule has 2 N–H and O–H groups in total.